The maximum Gasteiger partial charge on any atom is -1.00 e. The van der Waals surface area contributed by atoms with Crippen LogP contribution in [0.15, 0.2) is 60.7 Å². The van der Waals surface area contributed by atoms with Gasteiger partial charge in [-0.05, 0) is 0 Å². The zero-order valence-corrected chi connectivity index (χ0v) is 16.0. The van der Waals surface area contributed by atoms with Crippen molar-refractivity contribution in [3.05, 3.63) is 82.9 Å². The molecule has 21 heavy (non-hydrogen) atoms. The predicted molar refractivity (Wildman–Crippen MR) is 76.4 cm³/mol. The number of fused-ring (bicyclic) bond motifs is 2. The molecule has 0 radical (unpaired) electrons. The molecule has 2 aromatic carbocycles. The molecule has 2 aromatic rings. The van der Waals surface area contributed by atoms with Crippen molar-refractivity contribution in [3.63, 3.8) is 0 Å². The minimum Gasteiger partial charge on any atom is -1.00 e. The Hall–Kier alpha value is -0.123. The van der Waals surface area contributed by atoms with E-state index < -0.39 is 37.6 Å². The fourth-order valence-electron chi connectivity index (χ4n) is 2.98. The van der Waals surface area contributed by atoms with Gasteiger partial charge in [-0.15, -0.1) is 0 Å². The van der Waals surface area contributed by atoms with Crippen LogP contribution in [0.25, 0.3) is 12.2 Å². The molecule has 0 N–H and O–H groups in total. The van der Waals surface area contributed by atoms with Crippen LogP contribution in [0.5, 0.6) is 0 Å². The first-order valence-corrected chi connectivity index (χ1v) is 10.3. The first kappa shape index (κ1) is 17.2. The van der Waals surface area contributed by atoms with Crippen molar-refractivity contribution in [2.45, 2.75) is 2.87 Å². The topological polar surface area (TPSA) is 0 Å². The Morgan fingerprint density at radius 1 is 0.619 bits per heavy atom. The van der Waals surface area contributed by atoms with E-state index in [1.807, 2.05) is 0 Å². The van der Waals surface area contributed by atoms with Crippen LogP contribution in [0.1, 0.15) is 25.1 Å². The molecule has 2 aliphatic rings. The number of benzene rings is 2. The van der Waals surface area contributed by atoms with Gasteiger partial charge in [0, 0.05) is 0 Å². The zero-order chi connectivity index (χ0) is 12.7. The number of rotatable bonds is 2. The molecule has 0 nitrogen and oxygen atoms in total. The summed E-state index contributed by atoms with van der Waals surface area (Å²) in [7, 11) is 0. The molecule has 0 saturated carbocycles. The molecule has 104 valence electrons. The fraction of sp³-hybridized carbons (Fsp3) is 0.111. The molecule has 3 heteroatoms. The number of halogens is 2. The van der Waals surface area contributed by atoms with Gasteiger partial charge in [0.15, 0.2) is 0 Å². The van der Waals surface area contributed by atoms with E-state index in [9.17, 15) is 0 Å². The summed E-state index contributed by atoms with van der Waals surface area (Å²) in [6.45, 7) is 0. The van der Waals surface area contributed by atoms with E-state index in [0.29, 0.717) is 0 Å². The fourth-order valence-corrected chi connectivity index (χ4v) is 8.28. The van der Waals surface area contributed by atoms with Crippen molar-refractivity contribution >= 4 is 12.2 Å². The minimum absolute atomic E-state index is 0. The summed E-state index contributed by atoms with van der Waals surface area (Å²) < 4.78 is 1.52. The van der Waals surface area contributed by atoms with Crippen LogP contribution in [0, 0.1) is 37.6 Å². The van der Waals surface area contributed by atoms with Crippen molar-refractivity contribution in [2.24, 2.45) is 0 Å². The smallest absolute Gasteiger partial charge is 1.00 e. The molecular weight excluding hydrogens is 427 g/mol. The monoisotopic (exact) mass is 440 g/mol. The largest absolute Gasteiger partial charge is 1.00 e. The van der Waals surface area contributed by atoms with Gasteiger partial charge in [0.25, 0.3) is 0 Å². The van der Waals surface area contributed by atoms with Crippen LogP contribution in [0.2, 0.25) is 0 Å². The Bertz CT molecular complexity index is 632. The van der Waals surface area contributed by atoms with Crippen molar-refractivity contribution in [3.8, 4) is 0 Å². The third kappa shape index (κ3) is 3.30. The van der Waals surface area contributed by atoms with Crippen molar-refractivity contribution < 1.29 is 62.4 Å². The normalized spacial score (nSPS) is 20.0. The molecule has 4 rings (SSSR count). The first-order valence-electron chi connectivity index (χ1n) is 6.72. The van der Waals surface area contributed by atoms with Crippen molar-refractivity contribution in [1.82, 2.24) is 0 Å². The molecule has 0 bridgehead atoms. The third-order valence-corrected chi connectivity index (χ3v) is 9.37. The maximum absolute atomic E-state index is 2.45. The van der Waals surface area contributed by atoms with Gasteiger partial charge in [-0.1, -0.05) is 0 Å². The molecule has 0 saturated heterocycles. The van der Waals surface area contributed by atoms with Crippen molar-refractivity contribution in [1.29, 1.82) is 0 Å². The van der Waals surface area contributed by atoms with Gasteiger partial charge >= 0.3 is 136 Å². The van der Waals surface area contributed by atoms with Crippen LogP contribution >= 0.6 is 0 Å². The second kappa shape index (κ2) is 7.43. The van der Waals surface area contributed by atoms with Crippen LogP contribution in [0.4, 0.5) is 0 Å². The molecule has 0 fully saturated rings. The second-order valence-corrected chi connectivity index (χ2v) is 10.1. The number of hydrogen-bond donors (Lipinski definition) is 0. The summed E-state index contributed by atoms with van der Waals surface area (Å²) in [5.41, 5.74) is 6.03. The molecule has 2 aliphatic carbocycles. The Morgan fingerprint density at radius 3 is 1.52 bits per heavy atom. The SMILES string of the molecule is C1=C[CH]([Ce+2][CH]2C=Cc3ccccc32)c2ccccc21.[Cl-].[Cl-]. The van der Waals surface area contributed by atoms with E-state index in [2.05, 4.69) is 72.8 Å². The van der Waals surface area contributed by atoms with Gasteiger partial charge in [0.1, 0.15) is 0 Å². The Kier molecular flexibility index (Phi) is 6.10. The summed E-state index contributed by atoms with van der Waals surface area (Å²) in [5.74, 6) is 0. The molecular formula is C18H14CeCl2. The Morgan fingerprint density at radius 2 is 1.05 bits per heavy atom. The van der Waals surface area contributed by atoms with Gasteiger partial charge in [0.05, 0.1) is 0 Å². The zero-order valence-electron chi connectivity index (χ0n) is 11.3. The number of hydrogen-bond acceptors (Lipinski definition) is 0. The molecule has 0 amide bonds. The average molecular weight is 441 g/mol. The maximum atomic E-state index is 2.45. The van der Waals surface area contributed by atoms with E-state index >= 15 is 0 Å². The van der Waals surface area contributed by atoms with Gasteiger partial charge in [0.2, 0.25) is 0 Å². The van der Waals surface area contributed by atoms with E-state index in [-0.39, 0.29) is 24.8 Å². The van der Waals surface area contributed by atoms with Gasteiger partial charge in [-0.25, -0.2) is 0 Å². The van der Waals surface area contributed by atoms with Gasteiger partial charge in [-0.3, -0.25) is 0 Å². The summed E-state index contributed by atoms with van der Waals surface area (Å²) >= 11 is -0.790. The van der Waals surface area contributed by atoms with E-state index in [1.54, 1.807) is 11.1 Å². The van der Waals surface area contributed by atoms with Crippen LogP contribution < -0.4 is 24.8 Å². The van der Waals surface area contributed by atoms with E-state index in [4.69, 9.17) is 0 Å². The summed E-state index contributed by atoms with van der Waals surface area (Å²) in [5, 5.41) is 0. The van der Waals surface area contributed by atoms with E-state index in [0.717, 1.165) is 2.87 Å². The molecule has 0 aromatic heterocycles. The van der Waals surface area contributed by atoms with Gasteiger partial charge in [-0.2, -0.15) is 0 Å². The Labute approximate surface area is 158 Å². The first-order chi connectivity index (χ1) is 9.42. The third-order valence-electron chi connectivity index (χ3n) is 3.96. The molecule has 0 heterocycles. The minimum atomic E-state index is -0.790. The van der Waals surface area contributed by atoms with Crippen LogP contribution in [-0.4, -0.2) is 0 Å². The molecule has 0 aliphatic heterocycles. The van der Waals surface area contributed by atoms with Crippen molar-refractivity contribution in [2.75, 3.05) is 0 Å². The van der Waals surface area contributed by atoms with Crippen LogP contribution in [0.3, 0.4) is 0 Å². The van der Waals surface area contributed by atoms with Gasteiger partial charge < -0.3 is 24.8 Å². The molecule has 0 spiro atoms. The quantitative estimate of drug-likeness (QED) is 0.539. The standard InChI is InChI=1S/2C9H7.Ce.2ClH/c2*1-2-5-9-7-3-6-8(9)4-1;;;/h2*1-7H;;2*1H/q;;+2;;/p-2. The van der Waals surface area contributed by atoms with E-state index in [1.165, 1.54) is 11.1 Å². The Balaban J connectivity index is 0.000000807. The summed E-state index contributed by atoms with van der Waals surface area (Å²) in [6, 6.07) is 17.8. The molecule has 2 unspecified atom stereocenters. The molecule has 2 atom stereocenters. The van der Waals surface area contributed by atoms with Crippen LogP contribution in [-0.2, 0) is 0 Å². The number of allylic oxidation sites excluding steroid dienone is 2. The predicted octanol–water partition coefficient (Wildman–Crippen LogP) is -1.38. The second-order valence-electron chi connectivity index (χ2n) is 5.10. The summed E-state index contributed by atoms with van der Waals surface area (Å²) in [6.07, 6.45) is 9.53. The summed E-state index contributed by atoms with van der Waals surface area (Å²) in [4.78, 5) is 0. The average Bonchev–Trinajstić information content (AvgIpc) is 3.05.